The van der Waals surface area contributed by atoms with Gasteiger partial charge in [0.15, 0.2) is 0 Å². The number of benzene rings is 2. The summed E-state index contributed by atoms with van der Waals surface area (Å²) >= 11 is 0. The summed E-state index contributed by atoms with van der Waals surface area (Å²) in [6.07, 6.45) is 2.19. The SMILES string of the molecule is CCCN1CCc2c([nH]c3ccccc23)C1c1cc(OC)ccc1OC. The minimum absolute atomic E-state index is 0.149. The minimum Gasteiger partial charge on any atom is -0.497 e. The highest BCUT2D eigenvalue weighted by atomic mass is 16.5. The maximum atomic E-state index is 5.72. The van der Waals surface area contributed by atoms with Crippen LogP contribution in [0.1, 0.15) is 36.2 Å². The van der Waals surface area contributed by atoms with Crippen LogP contribution in [0.4, 0.5) is 0 Å². The molecule has 0 saturated carbocycles. The van der Waals surface area contributed by atoms with Crippen LogP contribution in [0.15, 0.2) is 42.5 Å². The standard InChI is InChI=1S/C22H26N2O2/c1-4-12-24-13-11-17-16-7-5-6-8-19(16)23-21(17)22(24)18-14-15(25-2)9-10-20(18)26-3/h5-10,14,22-23H,4,11-13H2,1-3H3. The van der Waals surface area contributed by atoms with Crippen LogP contribution in [0.25, 0.3) is 10.9 Å². The molecule has 2 aromatic carbocycles. The van der Waals surface area contributed by atoms with Crippen molar-refractivity contribution in [2.75, 3.05) is 27.3 Å². The first-order chi connectivity index (χ1) is 12.8. The first-order valence-corrected chi connectivity index (χ1v) is 9.32. The van der Waals surface area contributed by atoms with Crippen molar-refractivity contribution < 1.29 is 9.47 Å². The first-order valence-electron chi connectivity index (χ1n) is 9.32. The Bertz CT molecular complexity index is 916. The summed E-state index contributed by atoms with van der Waals surface area (Å²) in [5.74, 6) is 1.77. The van der Waals surface area contributed by atoms with Crippen molar-refractivity contribution in [2.45, 2.75) is 25.8 Å². The Morgan fingerprint density at radius 2 is 1.96 bits per heavy atom. The van der Waals surface area contributed by atoms with Crippen LogP contribution in [-0.4, -0.2) is 37.2 Å². The molecule has 0 amide bonds. The van der Waals surface area contributed by atoms with Crippen LogP contribution in [0.2, 0.25) is 0 Å². The van der Waals surface area contributed by atoms with Crippen LogP contribution < -0.4 is 9.47 Å². The molecule has 1 aromatic heterocycles. The van der Waals surface area contributed by atoms with Gasteiger partial charge in [0.05, 0.1) is 20.3 Å². The van der Waals surface area contributed by atoms with Crippen LogP contribution in [0.3, 0.4) is 0 Å². The molecule has 4 rings (SSSR count). The molecule has 26 heavy (non-hydrogen) atoms. The summed E-state index contributed by atoms with van der Waals surface area (Å²) in [6.45, 7) is 4.34. The highest BCUT2D eigenvalue weighted by Gasteiger charge is 2.33. The zero-order chi connectivity index (χ0) is 18.1. The third-order valence-corrected chi connectivity index (χ3v) is 5.38. The van der Waals surface area contributed by atoms with Crippen molar-refractivity contribution in [3.63, 3.8) is 0 Å². The third-order valence-electron chi connectivity index (χ3n) is 5.38. The summed E-state index contributed by atoms with van der Waals surface area (Å²) in [6, 6.07) is 14.8. The van der Waals surface area contributed by atoms with Crippen molar-refractivity contribution >= 4 is 10.9 Å². The van der Waals surface area contributed by atoms with Crippen LogP contribution in [-0.2, 0) is 6.42 Å². The molecule has 1 N–H and O–H groups in total. The highest BCUT2D eigenvalue weighted by molar-refractivity contribution is 5.85. The predicted molar refractivity (Wildman–Crippen MR) is 105 cm³/mol. The fraction of sp³-hybridized carbons (Fsp3) is 0.364. The molecular formula is C22H26N2O2. The minimum atomic E-state index is 0.149. The normalized spacial score (nSPS) is 17.3. The Morgan fingerprint density at radius 3 is 2.73 bits per heavy atom. The number of fused-ring (bicyclic) bond motifs is 3. The average Bonchev–Trinajstić information content (AvgIpc) is 3.06. The molecule has 0 saturated heterocycles. The van der Waals surface area contributed by atoms with Gasteiger partial charge in [-0.05, 0) is 49.2 Å². The number of para-hydroxylation sites is 1. The van der Waals surface area contributed by atoms with Gasteiger partial charge in [0.25, 0.3) is 0 Å². The maximum Gasteiger partial charge on any atom is 0.124 e. The molecule has 1 aliphatic rings. The lowest BCUT2D eigenvalue weighted by atomic mass is 9.91. The molecule has 136 valence electrons. The number of hydrogen-bond donors (Lipinski definition) is 1. The number of rotatable bonds is 5. The number of H-pyrrole nitrogens is 1. The first kappa shape index (κ1) is 17.0. The van der Waals surface area contributed by atoms with Gasteiger partial charge in [-0.2, -0.15) is 0 Å². The molecule has 0 spiro atoms. The zero-order valence-corrected chi connectivity index (χ0v) is 15.7. The lowest BCUT2D eigenvalue weighted by molar-refractivity contribution is 0.207. The fourth-order valence-corrected chi connectivity index (χ4v) is 4.22. The van der Waals surface area contributed by atoms with Gasteiger partial charge >= 0.3 is 0 Å². The second-order valence-electron chi connectivity index (χ2n) is 6.86. The molecule has 0 radical (unpaired) electrons. The Hall–Kier alpha value is -2.46. The van der Waals surface area contributed by atoms with Crippen LogP contribution >= 0.6 is 0 Å². The molecule has 0 fully saturated rings. The second-order valence-corrected chi connectivity index (χ2v) is 6.86. The highest BCUT2D eigenvalue weighted by Crippen LogP contribution is 2.42. The van der Waals surface area contributed by atoms with Gasteiger partial charge < -0.3 is 14.5 Å². The Balaban J connectivity index is 1.92. The molecule has 4 nitrogen and oxygen atoms in total. The Kier molecular flexibility index (Phi) is 4.60. The van der Waals surface area contributed by atoms with Gasteiger partial charge in [-0.1, -0.05) is 25.1 Å². The van der Waals surface area contributed by atoms with Gasteiger partial charge in [0.2, 0.25) is 0 Å². The van der Waals surface area contributed by atoms with E-state index in [0.29, 0.717) is 0 Å². The monoisotopic (exact) mass is 350 g/mol. The summed E-state index contributed by atoms with van der Waals surface area (Å²) in [5.41, 5.74) is 5.09. The molecule has 1 unspecified atom stereocenters. The molecule has 4 heteroatoms. The van der Waals surface area contributed by atoms with Gasteiger partial charge in [0, 0.05) is 28.7 Å². The third kappa shape index (κ3) is 2.74. The molecular weight excluding hydrogens is 324 g/mol. The topological polar surface area (TPSA) is 37.5 Å². The van der Waals surface area contributed by atoms with E-state index in [4.69, 9.17) is 9.47 Å². The van der Waals surface area contributed by atoms with Gasteiger partial charge in [-0.25, -0.2) is 0 Å². The number of aromatic nitrogens is 1. The van der Waals surface area contributed by atoms with Crippen molar-refractivity contribution in [2.24, 2.45) is 0 Å². The van der Waals surface area contributed by atoms with Gasteiger partial charge in [-0.15, -0.1) is 0 Å². The van der Waals surface area contributed by atoms with E-state index in [9.17, 15) is 0 Å². The molecule has 2 heterocycles. The van der Waals surface area contributed by atoms with E-state index in [0.717, 1.165) is 43.0 Å². The van der Waals surface area contributed by atoms with E-state index in [-0.39, 0.29) is 6.04 Å². The van der Waals surface area contributed by atoms with Crippen LogP contribution in [0, 0.1) is 0 Å². The van der Waals surface area contributed by atoms with Gasteiger partial charge in [0.1, 0.15) is 11.5 Å². The summed E-state index contributed by atoms with van der Waals surface area (Å²) in [4.78, 5) is 6.25. The van der Waals surface area contributed by atoms with Gasteiger partial charge in [-0.3, -0.25) is 4.90 Å². The summed E-state index contributed by atoms with van der Waals surface area (Å²) in [7, 11) is 3.45. The van der Waals surface area contributed by atoms with Crippen molar-refractivity contribution in [3.05, 3.63) is 59.3 Å². The molecule has 0 aliphatic carbocycles. The number of nitrogens with one attached hydrogen (secondary N) is 1. The van der Waals surface area contributed by atoms with Crippen molar-refractivity contribution in [3.8, 4) is 11.5 Å². The lowest BCUT2D eigenvalue weighted by Gasteiger charge is -2.36. The van der Waals surface area contributed by atoms with E-state index < -0.39 is 0 Å². The number of methoxy groups -OCH3 is 2. The number of ether oxygens (including phenoxy) is 2. The molecule has 0 bridgehead atoms. The number of aromatic amines is 1. The van der Waals surface area contributed by atoms with Crippen molar-refractivity contribution in [1.82, 2.24) is 9.88 Å². The van der Waals surface area contributed by atoms with Crippen molar-refractivity contribution in [1.29, 1.82) is 0 Å². The van der Waals surface area contributed by atoms with E-state index in [2.05, 4.69) is 47.1 Å². The second kappa shape index (κ2) is 7.04. The van der Waals surface area contributed by atoms with E-state index >= 15 is 0 Å². The summed E-state index contributed by atoms with van der Waals surface area (Å²) < 4.78 is 11.2. The smallest absolute Gasteiger partial charge is 0.124 e. The Morgan fingerprint density at radius 1 is 1.12 bits per heavy atom. The predicted octanol–water partition coefficient (Wildman–Crippen LogP) is 4.54. The summed E-state index contributed by atoms with van der Waals surface area (Å²) in [5, 5.41) is 1.34. The van der Waals surface area contributed by atoms with E-state index in [1.807, 2.05) is 12.1 Å². The van der Waals surface area contributed by atoms with E-state index in [1.54, 1.807) is 14.2 Å². The number of hydrogen-bond acceptors (Lipinski definition) is 3. The zero-order valence-electron chi connectivity index (χ0n) is 15.7. The fourth-order valence-electron chi connectivity index (χ4n) is 4.22. The largest absolute Gasteiger partial charge is 0.497 e. The molecule has 1 aliphatic heterocycles. The average molecular weight is 350 g/mol. The maximum absolute atomic E-state index is 5.72. The quantitative estimate of drug-likeness (QED) is 0.734. The number of nitrogens with zero attached hydrogens (tertiary/aromatic N) is 1. The molecule has 3 aromatic rings. The van der Waals surface area contributed by atoms with E-state index in [1.165, 1.54) is 22.2 Å². The lowest BCUT2D eigenvalue weighted by Crippen LogP contribution is -2.36. The Labute approximate surface area is 154 Å². The molecule has 1 atom stereocenters. The van der Waals surface area contributed by atoms with Crippen LogP contribution in [0.5, 0.6) is 11.5 Å².